The van der Waals surface area contributed by atoms with Crippen molar-refractivity contribution in [2.75, 3.05) is 44.7 Å². The smallest absolute Gasteiger partial charge is 0.219 e. The third-order valence-electron chi connectivity index (χ3n) is 5.76. The van der Waals surface area contributed by atoms with Gasteiger partial charge in [-0.05, 0) is 38.9 Å². The van der Waals surface area contributed by atoms with Crippen LogP contribution >= 0.6 is 0 Å². The van der Waals surface area contributed by atoms with Crippen LogP contribution in [0.5, 0.6) is 0 Å². The Morgan fingerprint density at radius 1 is 1.37 bits per heavy atom. The largest absolute Gasteiger partial charge is 0.387 e. The number of anilines is 1. The highest BCUT2D eigenvalue weighted by Crippen LogP contribution is 2.26. The number of aliphatic hydroxyl groups is 1. The highest BCUT2D eigenvalue weighted by Gasteiger charge is 2.39. The van der Waals surface area contributed by atoms with E-state index in [9.17, 15) is 9.90 Å². The van der Waals surface area contributed by atoms with Gasteiger partial charge in [0.25, 0.3) is 0 Å². The van der Waals surface area contributed by atoms with E-state index in [1.54, 1.807) is 16.3 Å². The highest BCUT2D eigenvalue weighted by atomic mass is 16.3. The Bertz CT molecular complexity index is 847. The zero-order valence-electron chi connectivity index (χ0n) is 16.2. The Hall–Kier alpha value is -2.26. The van der Waals surface area contributed by atoms with Crippen molar-refractivity contribution in [3.63, 3.8) is 0 Å². The number of carbonyl (C=O) groups excluding carboxylic acids is 1. The van der Waals surface area contributed by atoms with Gasteiger partial charge in [-0.3, -0.25) is 9.69 Å². The highest BCUT2D eigenvalue weighted by molar-refractivity contribution is 5.73. The zero-order valence-corrected chi connectivity index (χ0v) is 16.2. The molecule has 1 N–H and O–H groups in total. The van der Waals surface area contributed by atoms with E-state index < -0.39 is 5.60 Å². The average molecular weight is 373 g/mol. The van der Waals surface area contributed by atoms with E-state index >= 15 is 0 Å². The van der Waals surface area contributed by atoms with E-state index in [1.807, 2.05) is 26.1 Å². The first-order valence-corrected chi connectivity index (χ1v) is 9.47. The summed E-state index contributed by atoms with van der Waals surface area (Å²) in [5.74, 6) is 1.72. The SMILES string of the molecule is CC(=O)N1CCCC(O)(CN(C)C2CN(c3ccc4nnc(C)n4n3)C2)C1. The normalized spacial score (nSPS) is 23.9. The lowest BCUT2D eigenvalue weighted by atomic mass is 9.91. The predicted octanol–water partition coefficient (Wildman–Crippen LogP) is -0.0735. The van der Waals surface area contributed by atoms with E-state index in [4.69, 9.17) is 0 Å². The molecule has 2 aliphatic heterocycles. The minimum absolute atomic E-state index is 0.0383. The van der Waals surface area contributed by atoms with Gasteiger partial charge in [0.15, 0.2) is 11.5 Å². The molecule has 1 atom stereocenters. The van der Waals surface area contributed by atoms with E-state index in [2.05, 4.69) is 25.1 Å². The number of piperidine rings is 1. The maximum atomic E-state index is 11.6. The summed E-state index contributed by atoms with van der Waals surface area (Å²) < 4.78 is 1.76. The molecule has 0 bridgehead atoms. The first-order valence-electron chi connectivity index (χ1n) is 9.47. The van der Waals surface area contributed by atoms with Crippen LogP contribution in [0.25, 0.3) is 5.65 Å². The molecule has 2 fully saturated rings. The van der Waals surface area contributed by atoms with Crippen LogP contribution in [-0.4, -0.2) is 92.0 Å². The minimum Gasteiger partial charge on any atom is -0.387 e. The van der Waals surface area contributed by atoms with Crippen molar-refractivity contribution in [3.8, 4) is 0 Å². The molecule has 9 nitrogen and oxygen atoms in total. The molecule has 0 aliphatic carbocycles. The Balaban J connectivity index is 1.35. The second-order valence-corrected chi connectivity index (χ2v) is 7.95. The molecule has 4 rings (SSSR count). The molecule has 0 saturated carbocycles. The van der Waals surface area contributed by atoms with Gasteiger partial charge in [0.1, 0.15) is 5.82 Å². The summed E-state index contributed by atoms with van der Waals surface area (Å²) in [6.45, 7) is 6.93. The van der Waals surface area contributed by atoms with Gasteiger partial charge in [0.2, 0.25) is 5.91 Å². The fourth-order valence-electron chi connectivity index (χ4n) is 4.08. The summed E-state index contributed by atoms with van der Waals surface area (Å²) in [5, 5.41) is 23.7. The average Bonchev–Trinajstić information content (AvgIpc) is 2.94. The van der Waals surface area contributed by atoms with Gasteiger partial charge in [-0.2, -0.15) is 4.52 Å². The molecular formula is C18H27N7O2. The molecule has 9 heteroatoms. The van der Waals surface area contributed by atoms with Crippen molar-refractivity contribution in [2.24, 2.45) is 0 Å². The number of hydrogen-bond acceptors (Lipinski definition) is 7. The Morgan fingerprint density at radius 3 is 2.89 bits per heavy atom. The van der Waals surface area contributed by atoms with Crippen LogP contribution < -0.4 is 4.90 Å². The summed E-state index contributed by atoms with van der Waals surface area (Å²) in [4.78, 5) is 17.8. The molecule has 2 aromatic heterocycles. The standard InChI is InChI=1S/C18H27N7O2/c1-13-19-20-16-5-6-17(21-25(13)16)24-9-15(10-24)22(3)11-18(27)7-4-8-23(12-18)14(2)26/h5-6,15,27H,4,7-12H2,1-3H3. The number of rotatable bonds is 4. The van der Waals surface area contributed by atoms with Gasteiger partial charge < -0.3 is 14.9 Å². The van der Waals surface area contributed by atoms with Crippen molar-refractivity contribution in [1.82, 2.24) is 29.6 Å². The van der Waals surface area contributed by atoms with E-state index in [-0.39, 0.29) is 5.91 Å². The molecule has 2 saturated heterocycles. The number of nitrogens with zero attached hydrogens (tertiary/aromatic N) is 7. The predicted molar refractivity (Wildman–Crippen MR) is 101 cm³/mol. The number of likely N-dealkylation sites (N-methyl/N-ethyl adjacent to an activating group) is 1. The molecule has 2 aromatic rings. The third-order valence-corrected chi connectivity index (χ3v) is 5.76. The Labute approximate surface area is 158 Å². The fourth-order valence-corrected chi connectivity index (χ4v) is 4.08. The summed E-state index contributed by atoms with van der Waals surface area (Å²) in [6.07, 6.45) is 1.59. The number of likely N-dealkylation sites (tertiary alicyclic amines) is 1. The molecule has 1 amide bonds. The van der Waals surface area contributed by atoms with Crippen LogP contribution in [0.1, 0.15) is 25.6 Å². The number of aromatic nitrogens is 4. The zero-order chi connectivity index (χ0) is 19.2. The molecule has 27 heavy (non-hydrogen) atoms. The van der Waals surface area contributed by atoms with Crippen LogP contribution in [0.4, 0.5) is 5.82 Å². The quantitative estimate of drug-likeness (QED) is 0.802. The Morgan fingerprint density at radius 2 is 2.15 bits per heavy atom. The molecule has 0 spiro atoms. The second-order valence-electron chi connectivity index (χ2n) is 7.95. The van der Waals surface area contributed by atoms with E-state index in [1.165, 1.54) is 0 Å². The summed E-state index contributed by atoms with van der Waals surface area (Å²) in [7, 11) is 2.05. The molecule has 146 valence electrons. The lowest BCUT2D eigenvalue weighted by molar-refractivity contribution is -0.137. The van der Waals surface area contributed by atoms with Crippen LogP contribution in [0.2, 0.25) is 0 Å². The maximum Gasteiger partial charge on any atom is 0.219 e. The second kappa shape index (κ2) is 6.72. The number of hydrogen-bond donors (Lipinski definition) is 1. The molecule has 0 radical (unpaired) electrons. The van der Waals surface area contributed by atoms with Crippen molar-refractivity contribution >= 4 is 17.4 Å². The number of carbonyl (C=O) groups is 1. The first kappa shape index (κ1) is 18.1. The van der Waals surface area contributed by atoms with Gasteiger partial charge in [-0.25, -0.2) is 0 Å². The van der Waals surface area contributed by atoms with Crippen molar-refractivity contribution in [1.29, 1.82) is 0 Å². The van der Waals surface area contributed by atoms with Crippen LogP contribution in [-0.2, 0) is 4.79 Å². The third kappa shape index (κ3) is 3.49. The monoisotopic (exact) mass is 373 g/mol. The summed E-state index contributed by atoms with van der Waals surface area (Å²) in [5.41, 5.74) is -0.0736. The van der Waals surface area contributed by atoms with E-state index in [0.29, 0.717) is 19.1 Å². The fraction of sp³-hybridized carbons (Fsp3) is 0.667. The number of amides is 1. The lowest BCUT2D eigenvalue weighted by Gasteiger charge is -2.48. The van der Waals surface area contributed by atoms with Gasteiger partial charge in [0, 0.05) is 39.1 Å². The molecule has 2 aliphatic rings. The summed E-state index contributed by atoms with van der Waals surface area (Å²) in [6, 6.07) is 4.26. The van der Waals surface area contributed by atoms with Crippen molar-refractivity contribution in [3.05, 3.63) is 18.0 Å². The first-order chi connectivity index (χ1) is 12.8. The van der Waals surface area contributed by atoms with Crippen LogP contribution in [0.3, 0.4) is 0 Å². The van der Waals surface area contributed by atoms with Gasteiger partial charge in [-0.1, -0.05) is 0 Å². The summed E-state index contributed by atoms with van der Waals surface area (Å²) >= 11 is 0. The van der Waals surface area contributed by atoms with Crippen molar-refractivity contribution in [2.45, 2.75) is 38.3 Å². The van der Waals surface area contributed by atoms with Crippen LogP contribution in [0, 0.1) is 6.92 Å². The van der Waals surface area contributed by atoms with E-state index in [0.717, 1.165) is 49.8 Å². The Kier molecular flexibility index (Phi) is 4.51. The molecular weight excluding hydrogens is 346 g/mol. The topological polar surface area (TPSA) is 90.1 Å². The lowest BCUT2D eigenvalue weighted by Crippen LogP contribution is -2.63. The van der Waals surface area contributed by atoms with Gasteiger partial charge in [0.05, 0.1) is 12.1 Å². The minimum atomic E-state index is -0.824. The van der Waals surface area contributed by atoms with Gasteiger partial charge in [-0.15, -0.1) is 15.3 Å². The van der Waals surface area contributed by atoms with Crippen LogP contribution in [0.15, 0.2) is 12.1 Å². The molecule has 4 heterocycles. The molecule has 1 unspecified atom stereocenters. The number of fused-ring (bicyclic) bond motifs is 1. The number of β-amino-alcohol motifs (C(OH)–C–C–N with tert-alkyl or cyclic N) is 1. The number of aryl methyl sites for hydroxylation is 1. The maximum absolute atomic E-state index is 11.6. The van der Waals surface area contributed by atoms with Gasteiger partial charge >= 0.3 is 0 Å². The molecule has 0 aromatic carbocycles. The van der Waals surface area contributed by atoms with Crippen molar-refractivity contribution < 1.29 is 9.90 Å².